The van der Waals surface area contributed by atoms with Gasteiger partial charge in [0.25, 0.3) is 0 Å². The molecule has 9 nitrogen and oxygen atoms in total. The minimum atomic E-state index is -4.40. The molecule has 3 N–H and O–H groups in total. The van der Waals surface area contributed by atoms with Crippen LogP contribution in [-0.4, -0.2) is 49.3 Å². The summed E-state index contributed by atoms with van der Waals surface area (Å²) in [7, 11) is -4.40. The molecule has 0 aromatic carbocycles. The maximum Gasteiger partial charge on any atom is 0.472 e. The molecule has 0 heterocycles. The molecule has 0 spiro atoms. The molecule has 0 saturated carbocycles. The zero-order valence-electron chi connectivity index (χ0n) is 49.9. The van der Waals surface area contributed by atoms with E-state index in [1.54, 1.807) is 0 Å². The van der Waals surface area contributed by atoms with Gasteiger partial charge in [-0.1, -0.05) is 264 Å². The van der Waals surface area contributed by atoms with E-state index in [2.05, 4.69) is 135 Å². The fraction of sp³-hybridized carbons (Fsp3) is 0.676. The molecule has 10 heteroatoms. The van der Waals surface area contributed by atoms with Gasteiger partial charge >= 0.3 is 19.8 Å². The molecule has 0 bridgehead atoms. The summed E-state index contributed by atoms with van der Waals surface area (Å²) < 4.78 is 33.0. The maximum atomic E-state index is 12.7. The molecular weight excluding hydrogens is 990 g/mol. The van der Waals surface area contributed by atoms with Crippen LogP contribution in [0.1, 0.15) is 264 Å². The van der Waals surface area contributed by atoms with Crippen LogP contribution < -0.4 is 5.73 Å². The quantitative estimate of drug-likeness (QED) is 0.0264. The molecule has 2 atom stereocenters. The maximum absolute atomic E-state index is 12.7. The van der Waals surface area contributed by atoms with E-state index in [9.17, 15) is 19.0 Å². The van der Waals surface area contributed by atoms with Crippen molar-refractivity contribution in [2.75, 3.05) is 26.4 Å². The first-order valence-electron chi connectivity index (χ1n) is 31.5. The van der Waals surface area contributed by atoms with E-state index in [4.69, 9.17) is 24.3 Å². The SMILES string of the molecule is CC/C=C\C/C=C\C/C=C\C/C=C\C/C=C\C/C=C\C/C=C\C/C=C\CCCCCCCCCCCCCCCCCCC(=O)OC(COC(=O)CCCCCCC/C=C\C/C=C\CCCCCC)COP(=O)(O)OCCN. The monoisotopic (exact) mass is 1110 g/mol. The zero-order valence-corrected chi connectivity index (χ0v) is 50.8. The second kappa shape index (κ2) is 62.6. The van der Waals surface area contributed by atoms with Crippen LogP contribution >= 0.6 is 7.82 Å². The Balaban J connectivity index is 3.88. The summed E-state index contributed by atoms with van der Waals surface area (Å²) in [4.78, 5) is 35.2. The third-order valence-electron chi connectivity index (χ3n) is 13.1. The first-order chi connectivity index (χ1) is 38.3. The number of rotatable bonds is 58. The van der Waals surface area contributed by atoms with Crippen LogP contribution in [0.3, 0.4) is 0 Å². The van der Waals surface area contributed by atoms with Crippen LogP contribution in [0.4, 0.5) is 0 Å². The van der Waals surface area contributed by atoms with Crippen LogP contribution in [-0.2, 0) is 32.7 Å². The molecule has 78 heavy (non-hydrogen) atoms. The fourth-order valence-corrected chi connectivity index (χ4v) is 9.21. The Labute approximate surface area is 479 Å². The number of nitrogens with two attached hydrogens (primary N) is 1. The smallest absolute Gasteiger partial charge is 0.462 e. The largest absolute Gasteiger partial charge is 0.472 e. The first kappa shape index (κ1) is 74.4. The van der Waals surface area contributed by atoms with Crippen LogP contribution in [0.25, 0.3) is 0 Å². The molecule has 0 aliphatic heterocycles. The van der Waals surface area contributed by atoms with E-state index in [-0.39, 0.29) is 32.6 Å². The summed E-state index contributed by atoms with van der Waals surface area (Å²) in [6, 6.07) is 0. The number of ether oxygens (including phenoxy) is 2. The lowest BCUT2D eigenvalue weighted by molar-refractivity contribution is -0.161. The number of esters is 2. The highest BCUT2D eigenvalue weighted by Gasteiger charge is 2.26. The summed E-state index contributed by atoms with van der Waals surface area (Å²) in [5.41, 5.74) is 5.38. The van der Waals surface area contributed by atoms with Gasteiger partial charge in [0.05, 0.1) is 13.2 Å². The summed E-state index contributed by atoms with van der Waals surface area (Å²) >= 11 is 0. The van der Waals surface area contributed by atoms with E-state index < -0.39 is 32.5 Å². The van der Waals surface area contributed by atoms with Gasteiger partial charge in [-0.25, -0.2) is 4.57 Å². The zero-order chi connectivity index (χ0) is 56.6. The lowest BCUT2D eigenvalue weighted by Gasteiger charge is -2.19. The molecule has 0 aliphatic carbocycles. The highest BCUT2D eigenvalue weighted by Crippen LogP contribution is 2.43. The molecule has 0 fully saturated rings. The average molecular weight is 1110 g/mol. The minimum absolute atomic E-state index is 0.0477. The second-order valence-electron chi connectivity index (χ2n) is 20.5. The number of phosphoric ester groups is 1. The number of allylic oxidation sites excluding steroid dienone is 20. The summed E-state index contributed by atoms with van der Waals surface area (Å²) in [6.07, 6.45) is 87.0. The van der Waals surface area contributed by atoms with Crippen LogP contribution in [0, 0.1) is 0 Å². The molecule has 2 unspecified atom stereocenters. The van der Waals surface area contributed by atoms with Crippen LogP contribution in [0.15, 0.2) is 122 Å². The Bertz CT molecular complexity index is 1690. The lowest BCUT2D eigenvalue weighted by atomic mass is 10.0. The van der Waals surface area contributed by atoms with Crippen molar-refractivity contribution in [1.82, 2.24) is 0 Å². The summed E-state index contributed by atoms with van der Waals surface area (Å²) in [6.45, 7) is 3.60. The van der Waals surface area contributed by atoms with Crippen molar-refractivity contribution in [2.45, 2.75) is 270 Å². The predicted octanol–water partition coefficient (Wildman–Crippen LogP) is 20.3. The van der Waals surface area contributed by atoms with Crippen LogP contribution in [0.5, 0.6) is 0 Å². The van der Waals surface area contributed by atoms with Crippen molar-refractivity contribution in [3.05, 3.63) is 122 Å². The molecular formula is C68H116NO8P. The Kier molecular flexibility index (Phi) is 59.7. The molecule has 0 amide bonds. The highest BCUT2D eigenvalue weighted by atomic mass is 31.2. The second-order valence-corrected chi connectivity index (χ2v) is 22.0. The molecule has 0 aromatic rings. The summed E-state index contributed by atoms with van der Waals surface area (Å²) in [5, 5.41) is 0. The van der Waals surface area contributed by atoms with E-state index in [0.29, 0.717) is 12.8 Å². The standard InChI is InChI=1S/C68H116NO8P/c1-3-5-7-9-11-13-15-17-19-21-22-23-24-25-26-27-28-29-30-31-32-33-34-35-36-37-38-39-40-41-42-43-44-45-47-49-51-53-55-57-59-61-68(71)77-66(65-76-78(72,73)75-63-62-69)64-74-67(70)60-58-56-54-52-50-48-46-20-18-16-14-12-10-8-6-4-2/h5,7,11,13-14,16-17,19-20,22-23,25-26,28-29,31-32,34-35,46,66H,3-4,6,8-10,12,15,18,21,24,27,30,33,36-45,47-65,69H2,1-2H3,(H,72,73)/b7-5-,13-11-,16-14-,19-17-,23-22-,26-25-,29-28-,32-31-,35-34-,46-20-. The van der Waals surface area contributed by atoms with Crippen LogP contribution in [0.2, 0.25) is 0 Å². The van der Waals surface area contributed by atoms with Gasteiger partial charge in [-0.3, -0.25) is 18.6 Å². The van der Waals surface area contributed by atoms with E-state index in [0.717, 1.165) is 109 Å². The van der Waals surface area contributed by atoms with Gasteiger partial charge in [0.1, 0.15) is 6.61 Å². The fourth-order valence-electron chi connectivity index (χ4n) is 8.45. The van der Waals surface area contributed by atoms with Crippen molar-refractivity contribution in [3.8, 4) is 0 Å². The number of unbranched alkanes of at least 4 members (excludes halogenated alkanes) is 25. The Morgan fingerprint density at radius 3 is 1.05 bits per heavy atom. The van der Waals surface area contributed by atoms with Gasteiger partial charge in [-0.05, 0) is 109 Å². The number of hydrogen-bond acceptors (Lipinski definition) is 8. The summed E-state index contributed by atoms with van der Waals surface area (Å²) in [5.74, 6) is -0.843. The van der Waals surface area contributed by atoms with Crippen molar-refractivity contribution in [1.29, 1.82) is 0 Å². The van der Waals surface area contributed by atoms with Crippen molar-refractivity contribution < 1.29 is 37.6 Å². The Morgan fingerprint density at radius 2 is 0.705 bits per heavy atom. The predicted molar refractivity (Wildman–Crippen MR) is 334 cm³/mol. The molecule has 0 aliphatic rings. The number of hydrogen-bond donors (Lipinski definition) is 2. The Hall–Kier alpha value is -3.59. The lowest BCUT2D eigenvalue weighted by Crippen LogP contribution is -2.29. The van der Waals surface area contributed by atoms with E-state index >= 15 is 0 Å². The normalized spacial score (nSPS) is 13.8. The molecule has 0 saturated heterocycles. The molecule has 0 radical (unpaired) electrons. The van der Waals surface area contributed by atoms with E-state index in [1.165, 1.54) is 116 Å². The molecule has 446 valence electrons. The first-order valence-corrected chi connectivity index (χ1v) is 33.0. The topological polar surface area (TPSA) is 134 Å². The molecule has 0 rings (SSSR count). The minimum Gasteiger partial charge on any atom is -0.462 e. The van der Waals surface area contributed by atoms with Gasteiger partial charge in [0.15, 0.2) is 6.10 Å². The average Bonchev–Trinajstić information content (AvgIpc) is 3.43. The highest BCUT2D eigenvalue weighted by molar-refractivity contribution is 7.47. The van der Waals surface area contributed by atoms with Crippen molar-refractivity contribution in [2.24, 2.45) is 5.73 Å². The van der Waals surface area contributed by atoms with Crippen molar-refractivity contribution >= 4 is 19.8 Å². The van der Waals surface area contributed by atoms with Gasteiger partial charge in [0, 0.05) is 19.4 Å². The number of phosphoric acid groups is 1. The van der Waals surface area contributed by atoms with Crippen molar-refractivity contribution in [3.63, 3.8) is 0 Å². The number of carbonyl (C=O) groups excluding carboxylic acids is 2. The third kappa shape index (κ3) is 61.6. The molecule has 0 aromatic heterocycles. The third-order valence-corrected chi connectivity index (χ3v) is 14.1. The van der Waals surface area contributed by atoms with Gasteiger partial charge in [0.2, 0.25) is 0 Å². The van der Waals surface area contributed by atoms with Gasteiger partial charge in [-0.15, -0.1) is 0 Å². The van der Waals surface area contributed by atoms with Gasteiger partial charge < -0.3 is 20.1 Å². The number of carbonyl (C=O) groups is 2. The van der Waals surface area contributed by atoms with Gasteiger partial charge in [-0.2, -0.15) is 0 Å². The Morgan fingerprint density at radius 1 is 0.397 bits per heavy atom. The van der Waals surface area contributed by atoms with E-state index in [1.807, 2.05) is 0 Å².